The second kappa shape index (κ2) is 9.00. The van der Waals surface area contributed by atoms with E-state index in [-0.39, 0.29) is 19.0 Å². The van der Waals surface area contributed by atoms with Crippen LogP contribution in [0, 0.1) is 12.3 Å². The highest BCUT2D eigenvalue weighted by atomic mass is 16.3. The molecule has 8 N–H and O–H groups in total. The lowest BCUT2D eigenvalue weighted by Crippen LogP contribution is -2.26. The number of aliphatic imine (C=N–C) groups is 1. The van der Waals surface area contributed by atoms with Crippen LogP contribution in [0.5, 0.6) is 0 Å². The lowest BCUT2D eigenvalue weighted by Gasteiger charge is -2.15. The summed E-state index contributed by atoms with van der Waals surface area (Å²) in [5.41, 5.74) is 15.7. The molecule has 0 aliphatic carbocycles. The molecule has 12 nitrogen and oxygen atoms in total. The maximum absolute atomic E-state index is 9.14. The van der Waals surface area contributed by atoms with E-state index >= 15 is 0 Å². The third kappa shape index (κ3) is 4.28. The predicted octanol–water partition coefficient (Wildman–Crippen LogP) is 1.68. The van der Waals surface area contributed by atoms with Crippen molar-refractivity contribution in [2.75, 3.05) is 41.8 Å². The molecule has 0 saturated heterocycles. The Kier molecular flexibility index (Phi) is 6.39. The van der Waals surface area contributed by atoms with Gasteiger partial charge in [-0.1, -0.05) is 0 Å². The number of pyridine rings is 1. The first kappa shape index (κ1) is 22.0. The van der Waals surface area contributed by atoms with E-state index in [1.165, 1.54) is 0 Å². The average molecular weight is 428 g/mol. The Labute approximate surface area is 180 Å². The van der Waals surface area contributed by atoms with Crippen molar-refractivity contribution < 1.29 is 5.11 Å². The van der Waals surface area contributed by atoms with Crippen molar-refractivity contribution in [2.45, 2.75) is 34.2 Å². The first-order valence-corrected chi connectivity index (χ1v) is 10.1. The minimum atomic E-state index is -0.0707. The van der Waals surface area contributed by atoms with E-state index in [1.807, 2.05) is 20.8 Å². The molecule has 0 aromatic carbocycles. The molecule has 0 amide bonds. The number of aromatic nitrogens is 3. The lowest BCUT2D eigenvalue weighted by molar-refractivity contribution is 0.311. The smallest absolute Gasteiger partial charge is 0.178 e. The highest BCUT2D eigenvalue weighted by Crippen LogP contribution is 2.35. The van der Waals surface area contributed by atoms with Crippen LogP contribution in [0.2, 0.25) is 0 Å². The number of hydrazone groups is 1. The number of aryl methyl sites for hydroxylation is 2. The van der Waals surface area contributed by atoms with Crippen LogP contribution in [0.1, 0.15) is 26.5 Å². The summed E-state index contributed by atoms with van der Waals surface area (Å²) in [7, 11) is 0. The van der Waals surface area contributed by atoms with Gasteiger partial charge in [0, 0.05) is 19.6 Å². The molecule has 3 heterocycles. The molecule has 1 aliphatic heterocycles. The van der Waals surface area contributed by atoms with E-state index in [0.717, 1.165) is 5.69 Å². The fourth-order valence-corrected chi connectivity index (χ4v) is 3.18. The maximum atomic E-state index is 9.14. The molecule has 2 aromatic rings. The van der Waals surface area contributed by atoms with E-state index in [9.17, 15) is 0 Å². The normalized spacial score (nSPS) is 15.0. The van der Waals surface area contributed by atoms with Crippen LogP contribution >= 0.6 is 0 Å². The van der Waals surface area contributed by atoms with E-state index in [1.54, 1.807) is 22.7 Å². The van der Waals surface area contributed by atoms with Crippen LogP contribution < -0.4 is 22.1 Å². The van der Waals surface area contributed by atoms with E-state index in [2.05, 4.69) is 30.8 Å². The molecule has 0 fully saturated rings. The van der Waals surface area contributed by atoms with Gasteiger partial charge in [0.25, 0.3) is 0 Å². The summed E-state index contributed by atoms with van der Waals surface area (Å²) >= 11 is 0. The van der Waals surface area contributed by atoms with Crippen molar-refractivity contribution in [3.05, 3.63) is 11.8 Å². The second-order valence-corrected chi connectivity index (χ2v) is 6.94. The Hall–Kier alpha value is -3.67. The van der Waals surface area contributed by atoms with Gasteiger partial charge in [-0.05, 0) is 33.8 Å². The monoisotopic (exact) mass is 427 g/mol. The second-order valence-electron chi connectivity index (χ2n) is 6.94. The molecule has 0 unspecified atom stereocenters. The van der Waals surface area contributed by atoms with Crippen LogP contribution in [-0.4, -0.2) is 61.8 Å². The molecule has 0 saturated carbocycles. The van der Waals surface area contributed by atoms with Crippen molar-refractivity contribution in [1.29, 1.82) is 5.41 Å². The van der Waals surface area contributed by atoms with E-state index in [4.69, 9.17) is 22.0 Å². The number of aliphatic hydroxyl groups excluding tert-OH is 1. The molecule has 0 spiro atoms. The van der Waals surface area contributed by atoms with Gasteiger partial charge in [0.05, 0.1) is 29.4 Å². The predicted molar refractivity (Wildman–Crippen MR) is 125 cm³/mol. The number of nitrogens with one attached hydrogen (secondary N) is 3. The molecular weight excluding hydrogens is 398 g/mol. The number of nitrogen functional groups attached to an aromatic ring is 2. The third-order valence-electron chi connectivity index (χ3n) is 4.78. The van der Waals surface area contributed by atoms with Gasteiger partial charge in [0.1, 0.15) is 17.2 Å². The average Bonchev–Trinajstić information content (AvgIpc) is 3.18. The number of hydrogen-bond donors (Lipinski definition) is 6. The summed E-state index contributed by atoms with van der Waals surface area (Å²) in [6.45, 7) is 8.93. The number of anilines is 5. The Morgan fingerprint density at radius 1 is 1.23 bits per heavy atom. The first-order valence-electron chi connectivity index (χ1n) is 10.1. The van der Waals surface area contributed by atoms with Gasteiger partial charge in [0.2, 0.25) is 0 Å². The third-order valence-corrected chi connectivity index (χ3v) is 4.78. The molecule has 0 atom stereocenters. The summed E-state index contributed by atoms with van der Waals surface area (Å²) in [6, 6.07) is 1.69. The molecule has 1 aliphatic rings. The summed E-state index contributed by atoms with van der Waals surface area (Å²) in [5, 5.41) is 34.1. The topological polar surface area (TPSA) is 179 Å². The number of nitrogens with zero attached hydrogens (tertiary/aromatic N) is 6. The maximum Gasteiger partial charge on any atom is 0.178 e. The molecule has 3 rings (SSSR count). The van der Waals surface area contributed by atoms with Crippen molar-refractivity contribution in [3.8, 4) is 0 Å². The zero-order chi connectivity index (χ0) is 22.7. The number of hydrogen-bond acceptors (Lipinski definition) is 10. The lowest BCUT2D eigenvalue weighted by atomic mass is 10.2. The van der Waals surface area contributed by atoms with Gasteiger partial charge in [-0.2, -0.15) is 10.2 Å². The quantitative estimate of drug-likeness (QED) is 0.368. The number of nitrogens with two attached hydrogens (primary N) is 2. The van der Waals surface area contributed by atoms with Gasteiger partial charge in [0.15, 0.2) is 17.5 Å². The van der Waals surface area contributed by atoms with Crippen LogP contribution in [0.15, 0.2) is 16.2 Å². The summed E-state index contributed by atoms with van der Waals surface area (Å²) in [5.74, 6) is 1.39. The largest absolute Gasteiger partial charge is 0.396 e. The highest BCUT2D eigenvalue weighted by molar-refractivity contribution is 6.69. The first-order chi connectivity index (χ1) is 14.8. The van der Waals surface area contributed by atoms with Crippen molar-refractivity contribution in [1.82, 2.24) is 19.8 Å². The van der Waals surface area contributed by atoms with Gasteiger partial charge < -0.3 is 27.2 Å². The SMILES string of the molecule is CCN1N=C(C)/C(=N/c2nc(NCCO)c(N)cc2Nc2c(C)nn(CC)c2N)C1=N. The number of aliphatic hydroxyl groups is 1. The summed E-state index contributed by atoms with van der Waals surface area (Å²) in [4.78, 5) is 9.17. The van der Waals surface area contributed by atoms with Crippen molar-refractivity contribution in [2.24, 2.45) is 10.1 Å². The Balaban J connectivity index is 2.10. The van der Waals surface area contributed by atoms with Crippen LogP contribution in [0.4, 0.5) is 34.5 Å². The minimum absolute atomic E-state index is 0.0707. The fourth-order valence-electron chi connectivity index (χ4n) is 3.18. The molecule has 166 valence electrons. The molecule has 0 radical (unpaired) electrons. The highest BCUT2D eigenvalue weighted by Gasteiger charge is 2.25. The molecule has 0 bridgehead atoms. The summed E-state index contributed by atoms with van der Waals surface area (Å²) in [6.07, 6.45) is 0. The number of rotatable bonds is 8. The Morgan fingerprint density at radius 2 is 1.97 bits per heavy atom. The van der Waals surface area contributed by atoms with Crippen molar-refractivity contribution in [3.63, 3.8) is 0 Å². The van der Waals surface area contributed by atoms with Crippen molar-refractivity contribution >= 4 is 51.8 Å². The van der Waals surface area contributed by atoms with Gasteiger partial charge in [-0.25, -0.2) is 19.7 Å². The Bertz CT molecular complexity index is 1050. The zero-order valence-electron chi connectivity index (χ0n) is 18.2. The van der Waals surface area contributed by atoms with Crippen LogP contribution in [0.3, 0.4) is 0 Å². The summed E-state index contributed by atoms with van der Waals surface area (Å²) < 4.78 is 1.69. The standard InChI is InChI=1S/C19H29N11O/c1-5-29-16(21)14(10(3)27-29)24-13-9-12(20)18(23-7-8-31)26-19(13)25-15-11(4)28-30(6-2)17(15)22/h9,22,24,31H,5-8,20-21H2,1-4H3,(H,23,26)/b22-17?,25-15-. The molecule has 12 heteroatoms. The van der Waals surface area contributed by atoms with Crippen LogP contribution in [-0.2, 0) is 6.54 Å². The minimum Gasteiger partial charge on any atom is -0.396 e. The van der Waals surface area contributed by atoms with Gasteiger partial charge >= 0.3 is 0 Å². The van der Waals surface area contributed by atoms with E-state index in [0.29, 0.717) is 59.0 Å². The van der Waals surface area contributed by atoms with Gasteiger partial charge in [-0.15, -0.1) is 0 Å². The molecule has 2 aromatic heterocycles. The van der Waals surface area contributed by atoms with Crippen LogP contribution in [0.25, 0.3) is 0 Å². The molecular formula is C19H29N11O. The number of amidine groups is 1. The zero-order valence-corrected chi connectivity index (χ0v) is 18.2. The fraction of sp³-hybridized carbons (Fsp3) is 0.421. The molecule has 31 heavy (non-hydrogen) atoms. The van der Waals surface area contributed by atoms with E-state index < -0.39 is 0 Å². The van der Waals surface area contributed by atoms with Gasteiger partial charge in [-0.3, -0.25) is 5.41 Å². The Morgan fingerprint density at radius 3 is 2.55 bits per heavy atom.